The van der Waals surface area contributed by atoms with Crippen LogP contribution in [-0.4, -0.2) is 22.0 Å². The molecule has 0 aliphatic carbocycles. The van der Waals surface area contributed by atoms with E-state index in [4.69, 9.17) is 5.73 Å². The van der Waals surface area contributed by atoms with Gasteiger partial charge in [-0.15, -0.1) is 0 Å². The van der Waals surface area contributed by atoms with Gasteiger partial charge < -0.3 is 11.1 Å². The Morgan fingerprint density at radius 3 is 2.67 bits per heavy atom. The van der Waals surface area contributed by atoms with Gasteiger partial charge in [0.1, 0.15) is 5.69 Å². The van der Waals surface area contributed by atoms with Gasteiger partial charge in [-0.05, 0) is 48.6 Å². The number of benzene rings is 2. The average Bonchev–Trinajstić information content (AvgIpc) is 3.11. The molecule has 2 aromatic carbocycles. The first-order valence-corrected chi connectivity index (χ1v) is 8.78. The number of rotatable bonds is 7. The van der Waals surface area contributed by atoms with Crippen LogP contribution in [0.15, 0.2) is 54.7 Å². The molecule has 138 valence electrons. The fraction of sp³-hybridized carbons (Fsp3) is 0.190. The van der Waals surface area contributed by atoms with Crippen LogP contribution in [0, 0.1) is 6.92 Å². The minimum Gasteiger partial charge on any atom is -0.364 e. The molecule has 6 nitrogen and oxygen atoms in total. The van der Waals surface area contributed by atoms with Gasteiger partial charge in [0.15, 0.2) is 0 Å². The van der Waals surface area contributed by atoms with E-state index in [1.54, 1.807) is 6.20 Å². The van der Waals surface area contributed by atoms with Crippen LogP contribution in [0.2, 0.25) is 0 Å². The molecule has 0 unspecified atom stereocenters. The Balaban J connectivity index is 1.61. The molecule has 27 heavy (non-hydrogen) atoms. The van der Waals surface area contributed by atoms with Crippen LogP contribution in [0.3, 0.4) is 0 Å². The first-order valence-electron chi connectivity index (χ1n) is 8.78. The third-order valence-electron chi connectivity index (χ3n) is 4.47. The van der Waals surface area contributed by atoms with Crippen LogP contribution >= 0.6 is 0 Å². The number of amides is 2. The van der Waals surface area contributed by atoms with E-state index < -0.39 is 5.91 Å². The molecule has 3 rings (SSSR count). The molecule has 1 aromatic heterocycles. The maximum absolute atomic E-state index is 12.3. The lowest BCUT2D eigenvalue weighted by Crippen LogP contribution is -2.15. The summed E-state index contributed by atoms with van der Waals surface area (Å²) in [5.74, 6) is -0.563. The van der Waals surface area contributed by atoms with Gasteiger partial charge in [0.25, 0.3) is 5.91 Å². The van der Waals surface area contributed by atoms with E-state index in [-0.39, 0.29) is 5.91 Å². The van der Waals surface area contributed by atoms with Crippen molar-refractivity contribution in [1.82, 2.24) is 10.2 Å². The maximum atomic E-state index is 12.3. The van der Waals surface area contributed by atoms with Gasteiger partial charge in [0.2, 0.25) is 5.91 Å². The number of carbonyl (C=O) groups excluding carboxylic acids is 2. The highest BCUT2D eigenvalue weighted by Gasteiger charge is 2.11. The van der Waals surface area contributed by atoms with Gasteiger partial charge in [-0.25, -0.2) is 0 Å². The van der Waals surface area contributed by atoms with Crippen molar-refractivity contribution in [1.29, 1.82) is 0 Å². The van der Waals surface area contributed by atoms with Crippen LogP contribution in [0.4, 0.5) is 5.69 Å². The second kappa shape index (κ2) is 8.31. The predicted molar refractivity (Wildman–Crippen MR) is 104 cm³/mol. The number of anilines is 1. The quantitative estimate of drug-likeness (QED) is 0.602. The Kier molecular flexibility index (Phi) is 5.66. The van der Waals surface area contributed by atoms with Crippen LogP contribution in [0.1, 0.15) is 32.7 Å². The molecule has 0 fully saturated rings. The second-order valence-electron chi connectivity index (χ2n) is 6.49. The van der Waals surface area contributed by atoms with Crippen molar-refractivity contribution >= 4 is 17.5 Å². The molecule has 6 heteroatoms. The number of hydrogen-bond donors (Lipinski definition) is 3. The fourth-order valence-electron chi connectivity index (χ4n) is 2.98. The van der Waals surface area contributed by atoms with Gasteiger partial charge in [-0.2, -0.15) is 5.10 Å². The molecule has 2 amide bonds. The SMILES string of the molecule is Cc1ccccc1CC(=O)Nc1cccc(CCc2cn[nH]c2C(N)=O)c1. The molecule has 0 bridgehead atoms. The number of H-pyrrole nitrogens is 1. The summed E-state index contributed by atoms with van der Waals surface area (Å²) in [6.45, 7) is 2.00. The number of nitrogens with zero attached hydrogens (tertiary/aromatic N) is 1. The Labute approximate surface area is 157 Å². The zero-order valence-electron chi connectivity index (χ0n) is 15.2. The predicted octanol–water partition coefficient (Wildman–Crippen LogP) is 2.78. The molecule has 1 heterocycles. The first kappa shape index (κ1) is 18.4. The first-order chi connectivity index (χ1) is 13.0. The number of nitrogens with one attached hydrogen (secondary N) is 2. The fourth-order valence-corrected chi connectivity index (χ4v) is 2.98. The minimum absolute atomic E-state index is 0.0488. The summed E-state index contributed by atoms with van der Waals surface area (Å²) >= 11 is 0. The number of aromatic amines is 1. The average molecular weight is 362 g/mol. The molecule has 0 aliphatic heterocycles. The molecule has 0 aliphatic rings. The van der Waals surface area contributed by atoms with E-state index in [1.807, 2.05) is 55.5 Å². The van der Waals surface area contributed by atoms with E-state index >= 15 is 0 Å². The molecule has 0 spiro atoms. The third kappa shape index (κ3) is 4.82. The Morgan fingerprint density at radius 1 is 1.07 bits per heavy atom. The molecule has 0 saturated carbocycles. The van der Waals surface area contributed by atoms with Crippen molar-refractivity contribution in [2.45, 2.75) is 26.2 Å². The number of carbonyl (C=O) groups is 2. The number of aromatic nitrogens is 2. The maximum Gasteiger partial charge on any atom is 0.266 e. The number of hydrogen-bond acceptors (Lipinski definition) is 3. The van der Waals surface area contributed by atoms with Crippen molar-refractivity contribution in [2.75, 3.05) is 5.32 Å². The summed E-state index contributed by atoms with van der Waals surface area (Å²) in [6.07, 6.45) is 3.30. The summed E-state index contributed by atoms with van der Waals surface area (Å²) in [4.78, 5) is 23.7. The number of nitrogens with two attached hydrogens (primary N) is 1. The van der Waals surface area contributed by atoms with E-state index in [1.165, 1.54) is 0 Å². The van der Waals surface area contributed by atoms with Crippen molar-refractivity contribution < 1.29 is 9.59 Å². The number of aryl methyl sites for hydroxylation is 3. The van der Waals surface area contributed by atoms with Gasteiger partial charge in [0.05, 0.1) is 12.6 Å². The van der Waals surface area contributed by atoms with E-state index in [2.05, 4.69) is 15.5 Å². The van der Waals surface area contributed by atoms with E-state index in [0.717, 1.165) is 27.9 Å². The third-order valence-corrected chi connectivity index (χ3v) is 4.47. The molecule has 3 aromatic rings. The summed E-state index contributed by atoms with van der Waals surface area (Å²) < 4.78 is 0. The summed E-state index contributed by atoms with van der Waals surface area (Å²) in [5, 5.41) is 9.45. The zero-order valence-corrected chi connectivity index (χ0v) is 15.2. The molecule has 0 radical (unpaired) electrons. The summed E-state index contributed by atoms with van der Waals surface area (Å²) in [7, 11) is 0. The molecular formula is C21H22N4O2. The second-order valence-corrected chi connectivity index (χ2v) is 6.49. The topological polar surface area (TPSA) is 101 Å². The lowest BCUT2D eigenvalue weighted by molar-refractivity contribution is -0.115. The van der Waals surface area contributed by atoms with Gasteiger partial charge >= 0.3 is 0 Å². The Bertz CT molecular complexity index is 962. The van der Waals surface area contributed by atoms with E-state index in [9.17, 15) is 9.59 Å². The molecular weight excluding hydrogens is 340 g/mol. The van der Waals surface area contributed by atoms with Crippen molar-refractivity contribution in [3.05, 3.63) is 82.7 Å². The molecule has 0 saturated heterocycles. The number of primary amides is 1. The van der Waals surface area contributed by atoms with E-state index in [0.29, 0.717) is 25.0 Å². The smallest absolute Gasteiger partial charge is 0.266 e. The highest BCUT2D eigenvalue weighted by Crippen LogP contribution is 2.15. The summed E-state index contributed by atoms with van der Waals surface area (Å²) in [6, 6.07) is 15.6. The molecule has 4 N–H and O–H groups in total. The van der Waals surface area contributed by atoms with Crippen LogP contribution in [0.5, 0.6) is 0 Å². The minimum atomic E-state index is -0.514. The Morgan fingerprint density at radius 2 is 1.89 bits per heavy atom. The van der Waals surface area contributed by atoms with Crippen LogP contribution in [0.25, 0.3) is 0 Å². The van der Waals surface area contributed by atoms with Gasteiger partial charge in [-0.1, -0.05) is 36.4 Å². The highest BCUT2D eigenvalue weighted by atomic mass is 16.2. The highest BCUT2D eigenvalue weighted by molar-refractivity contribution is 5.93. The van der Waals surface area contributed by atoms with Crippen molar-refractivity contribution in [3.63, 3.8) is 0 Å². The molecule has 0 atom stereocenters. The lowest BCUT2D eigenvalue weighted by Gasteiger charge is -2.09. The normalized spacial score (nSPS) is 10.6. The standard InChI is InChI=1S/C21H22N4O2/c1-14-5-2-3-7-16(14)12-19(26)24-18-8-4-6-15(11-18)9-10-17-13-23-25-20(17)21(22)27/h2-8,11,13H,9-10,12H2,1H3,(H2,22,27)(H,23,25)(H,24,26). The monoisotopic (exact) mass is 362 g/mol. The van der Waals surface area contributed by atoms with Gasteiger partial charge in [0, 0.05) is 11.3 Å². The Hall–Kier alpha value is -3.41. The largest absolute Gasteiger partial charge is 0.364 e. The van der Waals surface area contributed by atoms with Crippen LogP contribution < -0.4 is 11.1 Å². The van der Waals surface area contributed by atoms with Crippen LogP contribution in [-0.2, 0) is 24.1 Å². The summed E-state index contributed by atoms with van der Waals surface area (Å²) in [5.41, 5.74) is 10.4. The van der Waals surface area contributed by atoms with Crippen molar-refractivity contribution in [3.8, 4) is 0 Å². The van der Waals surface area contributed by atoms with Gasteiger partial charge in [-0.3, -0.25) is 14.7 Å². The zero-order chi connectivity index (χ0) is 19.2. The van der Waals surface area contributed by atoms with Crippen molar-refractivity contribution in [2.24, 2.45) is 5.73 Å². The lowest BCUT2D eigenvalue weighted by atomic mass is 10.0.